The molecule has 0 atom stereocenters. The van der Waals surface area contributed by atoms with Gasteiger partial charge in [-0.25, -0.2) is 13.8 Å². The number of H-pyrrole nitrogens is 1. The number of nitriles is 1. The molecule has 8 heteroatoms. The fourth-order valence-corrected chi connectivity index (χ4v) is 2.68. The van der Waals surface area contributed by atoms with E-state index in [2.05, 4.69) is 9.97 Å². The molecule has 0 saturated heterocycles. The maximum atomic E-state index is 14.0. The maximum absolute atomic E-state index is 14.0. The largest absolute Gasteiger partial charge is 0.369 e. The fourth-order valence-electron chi connectivity index (χ4n) is 2.68. The van der Waals surface area contributed by atoms with Crippen LogP contribution in [0.15, 0.2) is 16.9 Å². The van der Waals surface area contributed by atoms with Gasteiger partial charge in [0.2, 0.25) is 5.95 Å². The predicted octanol–water partition coefficient (Wildman–Crippen LogP) is 1.06. The molecule has 0 amide bonds. The minimum atomic E-state index is -0.767. The number of nitrogens with one attached hydrogen (secondary N) is 1. The molecule has 0 fully saturated rings. The van der Waals surface area contributed by atoms with Crippen molar-refractivity contribution in [3.05, 3.63) is 56.5 Å². The number of fused-ring (bicyclic) bond motifs is 1. The summed E-state index contributed by atoms with van der Waals surface area (Å²) in [6.45, 7) is 0.741. The summed E-state index contributed by atoms with van der Waals surface area (Å²) < 4.78 is 27.9. The summed E-state index contributed by atoms with van der Waals surface area (Å²) in [4.78, 5) is 20.2. The molecule has 0 spiro atoms. The summed E-state index contributed by atoms with van der Waals surface area (Å²) in [5, 5.41) is 8.71. The Morgan fingerprint density at radius 2 is 2.09 bits per heavy atom. The Hall–Kier alpha value is -2.79. The van der Waals surface area contributed by atoms with Gasteiger partial charge in [-0.15, -0.1) is 0 Å². The van der Waals surface area contributed by atoms with Crippen molar-refractivity contribution < 1.29 is 8.78 Å². The second-order valence-corrected chi connectivity index (χ2v) is 5.37. The Kier molecular flexibility index (Phi) is 3.80. The quantitative estimate of drug-likeness (QED) is 0.863. The zero-order chi connectivity index (χ0) is 16.6. The third-order valence-corrected chi connectivity index (χ3v) is 3.82. The molecule has 1 aliphatic heterocycles. The molecule has 0 radical (unpaired) electrons. The Morgan fingerprint density at radius 1 is 1.39 bits per heavy atom. The highest BCUT2D eigenvalue weighted by Gasteiger charge is 2.23. The fraction of sp³-hybridized carbons (Fsp3) is 0.267. The van der Waals surface area contributed by atoms with Crippen molar-refractivity contribution in [2.75, 3.05) is 12.3 Å². The second kappa shape index (κ2) is 5.78. The van der Waals surface area contributed by atoms with Crippen LogP contribution in [0.3, 0.4) is 0 Å². The number of nitrogens with zero attached hydrogens (tertiary/aromatic N) is 3. The van der Waals surface area contributed by atoms with Gasteiger partial charge in [-0.2, -0.15) is 5.26 Å². The molecule has 0 aliphatic carbocycles. The van der Waals surface area contributed by atoms with Crippen LogP contribution < -0.4 is 11.3 Å². The van der Waals surface area contributed by atoms with Crippen LogP contribution in [0.2, 0.25) is 0 Å². The summed E-state index contributed by atoms with van der Waals surface area (Å²) in [5.74, 6) is -1.47. The van der Waals surface area contributed by atoms with E-state index in [0.717, 1.165) is 12.1 Å². The molecule has 118 valence electrons. The molecule has 6 nitrogen and oxygen atoms in total. The van der Waals surface area contributed by atoms with Crippen LogP contribution >= 0.6 is 0 Å². The van der Waals surface area contributed by atoms with Crippen LogP contribution in [0.4, 0.5) is 14.7 Å². The van der Waals surface area contributed by atoms with Crippen molar-refractivity contribution in [2.24, 2.45) is 0 Å². The monoisotopic (exact) mass is 317 g/mol. The molecule has 1 aromatic heterocycles. The molecule has 2 heterocycles. The first-order valence-corrected chi connectivity index (χ1v) is 6.96. The standard InChI is InChI=1S/C15H13F2N5O/c16-11-3-8(5-18)4-12(17)9(11)6-22-2-1-13-10(7-22)14(23)21-15(19)20-13/h3-4H,1-2,6-7H2,(H3,19,20,21,23). The Labute approximate surface area is 130 Å². The number of benzene rings is 1. The van der Waals surface area contributed by atoms with Gasteiger partial charge in [-0.3, -0.25) is 14.7 Å². The van der Waals surface area contributed by atoms with Gasteiger partial charge in [0, 0.05) is 31.6 Å². The number of nitrogen functional groups attached to an aromatic ring is 1. The van der Waals surface area contributed by atoms with Crippen LogP contribution in [0.25, 0.3) is 0 Å². The van der Waals surface area contributed by atoms with E-state index in [1.165, 1.54) is 0 Å². The normalized spacial score (nSPS) is 14.3. The number of aromatic amines is 1. The lowest BCUT2D eigenvalue weighted by molar-refractivity contribution is 0.235. The van der Waals surface area contributed by atoms with Crippen molar-refractivity contribution in [1.82, 2.24) is 14.9 Å². The van der Waals surface area contributed by atoms with E-state index in [0.29, 0.717) is 24.2 Å². The van der Waals surface area contributed by atoms with E-state index in [-0.39, 0.29) is 35.7 Å². The number of halogens is 2. The van der Waals surface area contributed by atoms with Crippen LogP contribution in [0, 0.1) is 23.0 Å². The second-order valence-electron chi connectivity index (χ2n) is 5.37. The number of nitrogens with two attached hydrogens (primary N) is 1. The third kappa shape index (κ3) is 2.91. The van der Waals surface area contributed by atoms with E-state index in [1.54, 1.807) is 11.0 Å². The number of hydrogen-bond donors (Lipinski definition) is 2. The van der Waals surface area contributed by atoms with Crippen LogP contribution in [0.1, 0.15) is 22.4 Å². The predicted molar refractivity (Wildman–Crippen MR) is 78.2 cm³/mol. The molecule has 0 saturated carbocycles. The number of rotatable bonds is 2. The maximum Gasteiger partial charge on any atom is 0.257 e. The minimum Gasteiger partial charge on any atom is -0.369 e. The third-order valence-electron chi connectivity index (χ3n) is 3.82. The molecule has 3 rings (SSSR count). The smallest absolute Gasteiger partial charge is 0.257 e. The summed E-state index contributed by atoms with van der Waals surface area (Å²) in [5.41, 5.74) is 6.06. The first-order valence-electron chi connectivity index (χ1n) is 6.96. The zero-order valence-corrected chi connectivity index (χ0v) is 12.1. The van der Waals surface area contributed by atoms with Crippen molar-refractivity contribution >= 4 is 5.95 Å². The zero-order valence-electron chi connectivity index (χ0n) is 12.1. The molecule has 0 unspecified atom stereocenters. The summed E-state index contributed by atoms with van der Waals surface area (Å²) in [6, 6.07) is 3.72. The molecule has 2 aromatic rings. The molecule has 1 aromatic carbocycles. The molecule has 0 bridgehead atoms. The number of aromatic nitrogens is 2. The highest BCUT2D eigenvalue weighted by atomic mass is 19.1. The van der Waals surface area contributed by atoms with Crippen LogP contribution in [0.5, 0.6) is 0 Å². The van der Waals surface area contributed by atoms with Gasteiger partial charge < -0.3 is 5.73 Å². The Balaban J connectivity index is 1.86. The SMILES string of the molecule is N#Cc1cc(F)c(CN2CCc3nc(N)[nH]c(=O)c3C2)c(F)c1. The van der Waals surface area contributed by atoms with Crippen LogP contribution in [-0.2, 0) is 19.5 Å². The van der Waals surface area contributed by atoms with Gasteiger partial charge in [-0.1, -0.05) is 0 Å². The Bertz CT molecular complexity index is 848. The summed E-state index contributed by atoms with van der Waals surface area (Å²) in [6.07, 6.45) is 0.475. The Morgan fingerprint density at radius 3 is 2.74 bits per heavy atom. The van der Waals surface area contributed by atoms with Gasteiger partial charge in [0.05, 0.1) is 22.9 Å². The summed E-state index contributed by atoms with van der Waals surface area (Å²) in [7, 11) is 0. The molecule has 3 N–H and O–H groups in total. The molecule has 23 heavy (non-hydrogen) atoms. The minimum absolute atomic E-state index is 0.00658. The average molecular weight is 317 g/mol. The lowest BCUT2D eigenvalue weighted by atomic mass is 10.0. The van der Waals surface area contributed by atoms with Gasteiger partial charge in [0.15, 0.2) is 0 Å². The summed E-state index contributed by atoms with van der Waals surface area (Å²) >= 11 is 0. The van der Waals surface area contributed by atoms with Gasteiger partial charge in [0.1, 0.15) is 11.6 Å². The highest BCUT2D eigenvalue weighted by molar-refractivity contribution is 5.34. The van der Waals surface area contributed by atoms with Crippen molar-refractivity contribution in [1.29, 1.82) is 5.26 Å². The molecular weight excluding hydrogens is 304 g/mol. The molecule has 1 aliphatic rings. The van der Waals surface area contributed by atoms with E-state index in [1.807, 2.05) is 0 Å². The lowest BCUT2D eigenvalue weighted by Gasteiger charge is -2.27. The van der Waals surface area contributed by atoms with Gasteiger partial charge in [-0.05, 0) is 12.1 Å². The van der Waals surface area contributed by atoms with E-state index < -0.39 is 11.6 Å². The van der Waals surface area contributed by atoms with Crippen molar-refractivity contribution in [3.63, 3.8) is 0 Å². The van der Waals surface area contributed by atoms with E-state index >= 15 is 0 Å². The first-order chi connectivity index (χ1) is 11.0. The average Bonchev–Trinajstić information content (AvgIpc) is 2.51. The van der Waals surface area contributed by atoms with Gasteiger partial charge in [0.25, 0.3) is 5.56 Å². The van der Waals surface area contributed by atoms with Gasteiger partial charge >= 0.3 is 0 Å². The number of hydrogen-bond acceptors (Lipinski definition) is 5. The number of anilines is 1. The van der Waals surface area contributed by atoms with Crippen molar-refractivity contribution in [2.45, 2.75) is 19.5 Å². The van der Waals surface area contributed by atoms with E-state index in [4.69, 9.17) is 11.0 Å². The molecular formula is C15H13F2N5O. The lowest BCUT2D eigenvalue weighted by Crippen LogP contribution is -2.36. The first kappa shape index (κ1) is 15.1. The topological polar surface area (TPSA) is 98.8 Å². The van der Waals surface area contributed by atoms with Crippen LogP contribution in [-0.4, -0.2) is 21.4 Å². The van der Waals surface area contributed by atoms with E-state index in [9.17, 15) is 13.6 Å². The highest BCUT2D eigenvalue weighted by Crippen LogP contribution is 2.21. The van der Waals surface area contributed by atoms with Crippen molar-refractivity contribution in [3.8, 4) is 6.07 Å².